The number of ether oxygens (including phenoxy) is 3. The Morgan fingerprint density at radius 1 is 0.304 bits per heavy atom. The Hall–Kier alpha value is -3.93. The van der Waals surface area contributed by atoms with Gasteiger partial charge in [0, 0.05) is 19.3 Å². The normalized spacial score (nSPS) is 12.9. The van der Waals surface area contributed by atoms with Gasteiger partial charge in [-0.15, -0.1) is 0 Å². The summed E-state index contributed by atoms with van der Waals surface area (Å²) in [5.41, 5.74) is 0. The van der Waals surface area contributed by atoms with Crippen molar-refractivity contribution in [1.29, 1.82) is 0 Å². The predicted octanol–water partition coefficient (Wildman–Crippen LogP) is 19.1. The maximum Gasteiger partial charge on any atom is 0.306 e. The van der Waals surface area contributed by atoms with E-state index in [0.717, 1.165) is 141 Å². The number of carbonyl (C=O) groups excluding carboxylic acids is 3. The van der Waals surface area contributed by atoms with Crippen LogP contribution in [0, 0.1) is 0 Å². The molecule has 1 unspecified atom stereocenters. The van der Waals surface area contributed by atoms with Gasteiger partial charge in [-0.25, -0.2) is 0 Å². The fraction of sp³-hybridized carbons (Fsp3) is 0.667. The molecule has 1 atom stereocenters. The van der Waals surface area contributed by atoms with Crippen LogP contribution in [0.1, 0.15) is 252 Å². The Kier molecular flexibility index (Phi) is 53.4. The number of hydrogen-bond donors (Lipinski definition) is 0. The van der Waals surface area contributed by atoms with E-state index in [-0.39, 0.29) is 31.1 Å². The number of esters is 3. The molecule has 0 saturated heterocycles. The highest BCUT2D eigenvalue weighted by Crippen LogP contribution is 2.14. The molecule has 0 N–H and O–H groups in total. The summed E-state index contributed by atoms with van der Waals surface area (Å²) in [4.78, 5) is 38.0. The summed E-state index contributed by atoms with van der Waals surface area (Å²) in [6.45, 7) is 6.41. The van der Waals surface area contributed by atoms with Gasteiger partial charge in [-0.05, 0) is 122 Å². The van der Waals surface area contributed by atoms with Crippen molar-refractivity contribution < 1.29 is 28.6 Å². The first-order valence-corrected chi connectivity index (χ1v) is 28.4. The zero-order valence-electron chi connectivity index (χ0n) is 44.8. The largest absolute Gasteiger partial charge is 0.462 e. The van der Waals surface area contributed by atoms with Gasteiger partial charge in [0.15, 0.2) is 6.10 Å². The predicted molar refractivity (Wildman–Crippen MR) is 297 cm³/mol. The third-order valence-electron chi connectivity index (χ3n) is 11.7. The second kappa shape index (κ2) is 56.7. The molecule has 0 aliphatic rings. The molecule has 0 heterocycles. The molecule has 0 bridgehead atoms. The molecule has 392 valence electrons. The van der Waals surface area contributed by atoms with Gasteiger partial charge in [-0.3, -0.25) is 14.4 Å². The Morgan fingerprint density at radius 2 is 0.594 bits per heavy atom. The Morgan fingerprint density at radius 3 is 0.957 bits per heavy atom. The number of hydrogen-bond acceptors (Lipinski definition) is 6. The van der Waals surface area contributed by atoms with Gasteiger partial charge in [0.1, 0.15) is 13.2 Å². The van der Waals surface area contributed by atoms with Crippen LogP contribution in [0.5, 0.6) is 0 Å². The minimum atomic E-state index is -0.790. The van der Waals surface area contributed by atoms with E-state index in [1.54, 1.807) is 0 Å². The molecule has 0 radical (unpaired) electrons. The molecular formula is C63H104O6. The summed E-state index contributed by atoms with van der Waals surface area (Å²) >= 11 is 0. The third kappa shape index (κ3) is 54.9. The third-order valence-corrected chi connectivity index (χ3v) is 11.7. The fourth-order valence-corrected chi connectivity index (χ4v) is 7.48. The first kappa shape index (κ1) is 65.1. The summed E-state index contributed by atoms with van der Waals surface area (Å²) in [7, 11) is 0. The average Bonchev–Trinajstić information content (AvgIpc) is 3.35. The average molecular weight is 958 g/mol. The molecule has 69 heavy (non-hydrogen) atoms. The van der Waals surface area contributed by atoms with Crippen LogP contribution in [0.2, 0.25) is 0 Å². The highest BCUT2D eigenvalue weighted by atomic mass is 16.6. The molecule has 0 aromatic carbocycles. The maximum absolute atomic E-state index is 12.8. The van der Waals surface area contributed by atoms with Crippen LogP contribution in [0.4, 0.5) is 0 Å². The molecule has 0 aliphatic heterocycles. The summed E-state index contributed by atoms with van der Waals surface area (Å²) in [6, 6.07) is 0. The molecular weight excluding hydrogens is 853 g/mol. The Bertz CT molecular complexity index is 1420. The van der Waals surface area contributed by atoms with Crippen molar-refractivity contribution in [2.24, 2.45) is 0 Å². The summed E-state index contributed by atoms with van der Waals surface area (Å²) in [5, 5.41) is 0. The molecule has 6 heteroatoms. The quantitative estimate of drug-likeness (QED) is 0.0262. The van der Waals surface area contributed by atoms with Crippen LogP contribution in [-0.4, -0.2) is 37.2 Å². The van der Waals surface area contributed by atoms with E-state index in [1.807, 2.05) is 0 Å². The lowest BCUT2D eigenvalue weighted by atomic mass is 10.1. The minimum Gasteiger partial charge on any atom is -0.462 e. The van der Waals surface area contributed by atoms with E-state index in [9.17, 15) is 14.4 Å². The number of allylic oxidation sites excluding steroid dienone is 18. The minimum absolute atomic E-state index is 0.0901. The lowest BCUT2D eigenvalue weighted by Gasteiger charge is -2.18. The maximum atomic E-state index is 12.8. The first-order valence-electron chi connectivity index (χ1n) is 28.4. The zero-order valence-corrected chi connectivity index (χ0v) is 44.8. The van der Waals surface area contributed by atoms with Crippen LogP contribution in [0.3, 0.4) is 0 Å². The van der Waals surface area contributed by atoms with Gasteiger partial charge in [-0.2, -0.15) is 0 Å². The molecule has 0 fully saturated rings. The molecule has 0 aromatic rings. The van der Waals surface area contributed by atoms with Gasteiger partial charge in [0.25, 0.3) is 0 Å². The molecule has 0 aromatic heterocycles. The van der Waals surface area contributed by atoms with Gasteiger partial charge in [0.05, 0.1) is 0 Å². The van der Waals surface area contributed by atoms with Crippen molar-refractivity contribution in [3.05, 3.63) is 109 Å². The zero-order chi connectivity index (χ0) is 50.0. The van der Waals surface area contributed by atoms with Crippen molar-refractivity contribution >= 4 is 17.9 Å². The summed E-state index contributed by atoms with van der Waals surface area (Å²) in [5.74, 6) is -0.924. The SMILES string of the molecule is CC/C=C\C/C=C\C/C=C\C/C=C\C/C=C\C/C=C\C/C=C\CCCCCCCCCC(=O)OCC(COC(=O)CCCCCCC/C=C\CCC)OC(=O)CCCCCCC/C=C\CCCCC. The fourth-order valence-electron chi connectivity index (χ4n) is 7.48. The molecule has 0 rings (SSSR count). The molecule has 0 amide bonds. The Balaban J connectivity index is 4.24. The van der Waals surface area contributed by atoms with E-state index < -0.39 is 6.10 Å². The van der Waals surface area contributed by atoms with E-state index in [1.165, 1.54) is 70.6 Å². The van der Waals surface area contributed by atoms with Crippen LogP contribution in [0.25, 0.3) is 0 Å². The van der Waals surface area contributed by atoms with Crippen molar-refractivity contribution in [3.63, 3.8) is 0 Å². The van der Waals surface area contributed by atoms with E-state index >= 15 is 0 Å². The van der Waals surface area contributed by atoms with Crippen molar-refractivity contribution in [1.82, 2.24) is 0 Å². The van der Waals surface area contributed by atoms with Gasteiger partial charge in [0.2, 0.25) is 0 Å². The van der Waals surface area contributed by atoms with Crippen LogP contribution in [-0.2, 0) is 28.6 Å². The lowest BCUT2D eigenvalue weighted by molar-refractivity contribution is -0.167. The number of rotatable bonds is 50. The van der Waals surface area contributed by atoms with Gasteiger partial charge < -0.3 is 14.2 Å². The second-order valence-corrected chi connectivity index (χ2v) is 18.5. The molecule has 0 spiro atoms. The van der Waals surface area contributed by atoms with E-state index in [0.29, 0.717) is 19.3 Å². The van der Waals surface area contributed by atoms with Crippen LogP contribution in [0.15, 0.2) is 109 Å². The van der Waals surface area contributed by atoms with Crippen LogP contribution >= 0.6 is 0 Å². The highest BCUT2D eigenvalue weighted by molar-refractivity contribution is 5.71. The highest BCUT2D eigenvalue weighted by Gasteiger charge is 2.19. The second-order valence-electron chi connectivity index (χ2n) is 18.5. The van der Waals surface area contributed by atoms with Crippen molar-refractivity contribution in [3.8, 4) is 0 Å². The first-order chi connectivity index (χ1) is 34.0. The lowest BCUT2D eigenvalue weighted by Crippen LogP contribution is -2.30. The number of unbranched alkanes of at least 4 members (excludes halogenated alkanes) is 21. The summed E-state index contributed by atoms with van der Waals surface area (Å²) in [6.07, 6.45) is 76.6. The van der Waals surface area contributed by atoms with Crippen LogP contribution < -0.4 is 0 Å². The summed E-state index contributed by atoms with van der Waals surface area (Å²) < 4.78 is 16.8. The number of carbonyl (C=O) groups is 3. The monoisotopic (exact) mass is 957 g/mol. The van der Waals surface area contributed by atoms with Gasteiger partial charge >= 0.3 is 17.9 Å². The van der Waals surface area contributed by atoms with Gasteiger partial charge in [-0.1, -0.05) is 220 Å². The van der Waals surface area contributed by atoms with Crippen molar-refractivity contribution in [2.45, 2.75) is 258 Å². The topological polar surface area (TPSA) is 78.9 Å². The van der Waals surface area contributed by atoms with Crippen molar-refractivity contribution in [2.75, 3.05) is 13.2 Å². The Labute approximate surface area is 425 Å². The molecule has 6 nitrogen and oxygen atoms in total. The van der Waals surface area contributed by atoms with E-state index in [2.05, 4.69) is 130 Å². The smallest absolute Gasteiger partial charge is 0.306 e. The molecule has 0 aliphatic carbocycles. The standard InChI is InChI=1S/C63H104O6/c1-4-7-10-13-16-19-22-24-25-26-27-28-29-30-31-32-33-34-35-36-37-38-39-40-42-44-47-50-53-56-62(65)68-59-60(58-67-61(64)55-52-49-46-43-21-18-15-12-9-6-3)69-63(66)57-54-51-48-45-41-23-20-17-14-11-8-5-2/h7,10,12,15-17,19-20,24-25,27-28,30-31,33-34,36-37,60H,4-6,8-9,11,13-14,18,21-23,26,29,32,35,38-59H2,1-3H3/b10-7-,15-12-,19-16-,20-17-,25-24-,28-27-,31-30-,34-33-,37-36-. The van der Waals surface area contributed by atoms with E-state index in [4.69, 9.17) is 14.2 Å². The molecule has 0 saturated carbocycles.